The lowest BCUT2D eigenvalue weighted by Crippen LogP contribution is -2.33. The minimum absolute atomic E-state index is 0.0396. The average Bonchev–Trinajstić information content (AvgIpc) is 2.67. The third kappa shape index (κ3) is 2.96. The van der Waals surface area contributed by atoms with Crippen molar-refractivity contribution in [2.24, 2.45) is 0 Å². The molecule has 0 saturated carbocycles. The Morgan fingerprint density at radius 3 is 2.94 bits per heavy atom. The standard InChI is InChI=1S/C13H19FN2O/c1-9(15-11-5-6-16(2)8-11)12-7-10(14)3-4-13(12)17/h3-4,7,9,11,15,17H,5-6,8H2,1-2H3. The van der Waals surface area contributed by atoms with Gasteiger partial charge in [0.15, 0.2) is 0 Å². The molecule has 4 heteroatoms. The second kappa shape index (κ2) is 5.02. The van der Waals surface area contributed by atoms with E-state index >= 15 is 0 Å². The molecule has 0 amide bonds. The van der Waals surface area contributed by atoms with Crippen LogP contribution in [0, 0.1) is 5.82 Å². The second-order valence-electron chi connectivity index (χ2n) is 4.84. The summed E-state index contributed by atoms with van der Waals surface area (Å²) >= 11 is 0. The molecule has 0 aliphatic carbocycles. The molecule has 1 fully saturated rings. The molecular weight excluding hydrogens is 219 g/mol. The van der Waals surface area contributed by atoms with Gasteiger partial charge in [0.25, 0.3) is 0 Å². The van der Waals surface area contributed by atoms with Crippen molar-refractivity contribution in [2.45, 2.75) is 25.4 Å². The maximum Gasteiger partial charge on any atom is 0.123 e. The molecule has 1 heterocycles. The zero-order chi connectivity index (χ0) is 12.4. The highest BCUT2D eigenvalue weighted by molar-refractivity contribution is 5.34. The van der Waals surface area contributed by atoms with Gasteiger partial charge in [0.2, 0.25) is 0 Å². The maximum atomic E-state index is 13.1. The van der Waals surface area contributed by atoms with Gasteiger partial charge < -0.3 is 15.3 Å². The van der Waals surface area contributed by atoms with Crippen molar-refractivity contribution in [1.29, 1.82) is 0 Å². The van der Waals surface area contributed by atoms with Crippen molar-refractivity contribution in [3.63, 3.8) is 0 Å². The predicted molar refractivity (Wildman–Crippen MR) is 65.5 cm³/mol. The summed E-state index contributed by atoms with van der Waals surface area (Å²) in [4.78, 5) is 2.26. The predicted octanol–water partition coefficient (Wildman–Crippen LogP) is 1.89. The normalized spacial score (nSPS) is 22.9. The molecule has 1 aromatic carbocycles. The van der Waals surface area contributed by atoms with Gasteiger partial charge in [-0.25, -0.2) is 4.39 Å². The fraction of sp³-hybridized carbons (Fsp3) is 0.538. The second-order valence-corrected chi connectivity index (χ2v) is 4.84. The molecule has 1 aliphatic heterocycles. The Morgan fingerprint density at radius 2 is 2.29 bits per heavy atom. The Bertz CT molecular complexity index is 397. The summed E-state index contributed by atoms with van der Waals surface area (Å²) in [5.74, 6) is -0.159. The topological polar surface area (TPSA) is 35.5 Å². The van der Waals surface area contributed by atoms with E-state index in [2.05, 4.69) is 17.3 Å². The van der Waals surface area contributed by atoms with Crippen LogP contribution in [0.2, 0.25) is 0 Å². The van der Waals surface area contributed by atoms with Gasteiger partial charge >= 0.3 is 0 Å². The summed E-state index contributed by atoms with van der Waals surface area (Å²) in [6.45, 7) is 4.03. The number of hydrogen-bond acceptors (Lipinski definition) is 3. The molecule has 2 atom stereocenters. The van der Waals surface area contributed by atoms with Crippen LogP contribution in [0.25, 0.3) is 0 Å². The van der Waals surface area contributed by atoms with Crippen LogP contribution < -0.4 is 5.32 Å². The number of nitrogens with one attached hydrogen (secondary N) is 1. The number of phenolic OH excluding ortho intramolecular Hbond substituents is 1. The lowest BCUT2D eigenvalue weighted by atomic mass is 10.1. The van der Waals surface area contributed by atoms with E-state index in [1.807, 2.05) is 6.92 Å². The molecule has 94 valence electrons. The molecule has 2 unspecified atom stereocenters. The zero-order valence-corrected chi connectivity index (χ0v) is 10.3. The Morgan fingerprint density at radius 1 is 1.53 bits per heavy atom. The summed E-state index contributed by atoms with van der Waals surface area (Å²) in [6.07, 6.45) is 1.09. The summed E-state index contributed by atoms with van der Waals surface area (Å²) in [6, 6.07) is 4.45. The third-order valence-corrected chi connectivity index (χ3v) is 3.33. The van der Waals surface area contributed by atoms with Gasteiger partial charge in [0, 0.05) is 24.2 Å². The molecule has 2 rings (SSSR count). The van der Waals surface area contributed by atoms with E-state index < -0.39 is 0 Å². The highest BCUT2D eigenvalue weighted by Crippen LogP contribution is 2.25. The Labute approximate surface area is 101 Å². The number of benzene rings is 1. The Balaban J connectivity index is 2.04. The molecule has 1 saturated heterocycles. The molecule has 0 bridgehead atoms. The fourth-order valence-corrected chi connectivity index (χ4v) is 2.39. The number of likely N-dealkylation sites (N-methyl/N-ethyl adjacent to an activating group) is 1. The van der Waals surface area contributed by atoms with E-state index in [4.69, 9.17) is 0 Å². The molecule has 1 aromatic rings. The van der Waals surface area contributed by atoms with Gasteiger partial charge in [-0.1, -0.05) is 0 Å². The van der Waals surface area contributed by atoms with Crippen LogP contribution in [0.1, 0.15) is 24.9 Å². The monoisotopic (exact) mass is 238 g/mol. The molecule has 0 spiro atoms. The molecule has 0 aromatic heterocycles. The Kier molecular flexibility index (Phi) is 3.64. The molecule has 1 aliphatic rings. The third-order valence-electron chi connectivity index (χ3n) is 3.33. The first kappa shape index (κ1) is 12.3. The van der Waals surface area contributed by atoms with Crippen molar-refractivity contribution in [1.82, 2.24) is 10.2 Å². The number of likely N-dealkylation sites (tertiary alicyclic amines) is 1. The van der Waals surface area contributed by atoms with Gasteiger partial charge in [0.05, 0.1) is 0 Å². The summed E-state index contributed by atoms with van der Waals surface area (Å²) in [7, 11) is 2.09. The van der Waals surface area contributed by atoms with E-state index in [9.17, 15) is 9.50 Å². The van der Waals surface area contributed by atoms with E-state index in [1.54, 1.807) is 0 Å². The molecular formula is C13H19FN2O. The van der Waals surface area contributed by atoms with Gasteiger partial charge in [0.1, 0.15) is 11.6 Å². The van der Waals surface area contributed by atoms with Crippen LogP contribution in [0.3, 0.4) is 0 Å². The molecule has 0 radical (unpaired) electrons. The van der Waals surface area contributed by atoms with Gasteiger partial charge in [-0.05, 0) is 45.1 Å². The first-order valence-electron chi connectivity index (χ1n) is 5.99. The number of nitrogens with zero attached hydrogens (tertiary/aromatic N) is 1. The van der Waals surface area contributed by atoms with E-state index in [1.165, 1.54) is 18.2 Å². The van der Waals surface area contributed by atoms with Crippen molar-refractivity contribution in [2.75, 3.05) is 20.1 Å². The molecule has 2 N–H and O–H groups in total. The van der Waals surface area contributed by atoms with Crippen LogP contribution in [-0.4, -0.2) is 36.2 Å². The molecule has 17 heavy (non-hydrogen) atoms. The number of aromatic hydroxyl groups is 1. The smallest absolute Gasteiger partial charge is 0.123 e. The lowest BCUT2D eigenvalue weighted by Gasteiger charge is -2.20. The van der Waals surface area contributed by atoms with Crippen molar-refractivity contribution in [3.8, 4) is 5.75 Å². The quantitative estimate of drug-likeness (QED) is 0.844. The van der Waals surface area contributed by atoms with Crippen LogP contribution in [0.15, 0.2) is 18.2 Å². The summed E-state index contributed by atoms with van der Waals surface area (Å²) < 4.78 is 13.1. The first-order chi connectivity index (χ1) is 8.06. The van der Waals surface area contributed by atoms with Crippen molar-refractivity contribution >= 4 is 0 Å². The Hall–Kier alpha value is -1.13. The first-order valence-corrected chi connectivity index (χ1v) is 5.99. The van der Waals surface area contributed by atoms with E-state index in [0.29, 0.717) is 11.6 Å². The van der Waals surface area contributed by atoms with Crippen LogP contribution >= 0.6 is 0 Å². The lowest BCUT2D eigenvalue weighted by molar-refractivity contribution is 0.382. The van der Waals surface area contributed by atoms with Crippen molar-refractivity contribution in [3.05, 3.63) is 29.6 Å². The SMILES string of the molecule is CC(NC1CCN(C)C1)c1cc(F)ccc1O. The number of rotatable bonds is 3. The fourth-order valence-electron chi connectivity index (χ4n) is 2.39. The minimum Gasteiger partial charge on any atom is -0.508 e. The zero-order valence-electron chi connectivity index (χ0n) is 10.3. The van der Waals surface area contributed by atoms with E-state index in [-0.39, 0.29) is 17.6 Å². The highest BCUT2D eigenvalue weighted by Gasteiger charge is 2.22. The van der Waals surface area contributed by atoms with Crippen LogP contribution in [0.5, 0.6) is 5.75 Å². The van der Waals surface area contributed by atoms with Crippen LogP contribution in [0.4, 0.5) is 4.39 Å². The minimum atomic E-state index is -0.310. The van der Waals surface area contributed by atoms with E-state index in [0.717, 1.165) is 19.5 Å². The van der Waals surface area contributed by atoms with Gasteiger partial charge in [-0.3, -0.25) is 0 Å². The maximum absolute atomic E-state index is 13.1. The van der Waals surface area contributed by atoms with Gasteiger partial charge in [-0.2, -0.15) is 0 Å². The number of hydrogen-bond donors (Lipinski definition) is 2. The highest BCUT2D eigenvalue weighted by atomic mass is 19.1. The summed E-state index contributed by atoms with van der Waals surface area (Å²) in [5, 5.41) is 13.1. The molecule has 3 nitrogen and oxygen atoms in total. The van der Waals surface area contributed by atoms with Gasteiger partial charge in [-0.15, -0.1) is 0 Å². The van der Waals surface area contributed by atoms with Crippen molar-refractivity contribution < 1.29 is 9.50 Å². The van der Waals surface area contributed by atoms with Crippen LogP contribution in [-0.2, 0) is 0 Å². The number of phenols is 1. The summed E-state index contributed by atoms with van der Waals surface area (Å²) in [5.41, 5.74) is 0.625. The average molecular weight is 238 g/mol. The number of halogens is 1. The largest absolute Gasteiger partial charge is 0.508 e.